The molecule has 0 aliphatic carbocycles. The number of hydrogen-bond acceptors (Lipinski definition) is 2. The Bertz CT molecular complexity index is 274. The summed E-state index contributed by atoms with van der Waals surface area (Å²) in [4.78, 5) is 22.4. The van der Waals surface area contributed by atoms with Crippen molar-refractivity contribution in [3.63, 3.8) is 0 Å². The fourth-order valence-electron chi connectivity index (χ4n) is 1.59. The lowest BCUT2D eigenvalue weighted by atomic mass is 10.1. The molecule has 0 heterocycles. The van der Waals surface area contributed by atoms with Gasteiger partial charge in [-0.1, -0.05) is 39.2 Å². The molecule has 0 aliphatic rings. The molecule has 0 unspecified atom stereocenters. The minimum atomic E-state index is -0.949. The van der Waals surface area contributed by atoms with Crippen LogP contribution in [0.25, 0.3) is 0 Å². The van der Waals surface area contributed by atoms with E-state index in [1.54, 1.807) is 13.8 Å². The average molecular weight is 255 g/mol. The van der Waals surface area contributed by atoms with Gasteiger partial charge in [-0.2, -0.15) is 0 Å². The van der Waals surface area contributed by atoms with Crippen LogP contribution in [0.15, 0.2) is 12.7 Å². The predicted molar refractivity (Wildman–Crippen MR) is 72.3 cm³/mol. The van der Waals surface area contributed by atoms with E-state index in [1.165, 1.54) is 0 Å². The first kappa shape index (κ1) is 16.7. The number of unbranched alkanes of at least 4 members (excludes halogenated alkanes) is 4. The molecule has 0 saturated carbocycles. The summed E-state index contributed by atoms with van der Waals surface area (Å²) in [6.07, 6.45) is 7.40. The Morgan fingerprint density at radius 2 is 1.83 bits per heavy atom. The highest BCUT2D eigenvalue weighted by Gasteiger charge is 2.20. The average Bonchev–Trinajstić information content (AvgIpc) is 2.31. The summed E-state index contributed by atoms with van der Waals surface area (Å²) in [7, 11) is 0. The molecule has 0 bridgehead atoms. The Morgan fingerprint density at radius 1 is 1.22 bits per heavy atom. The van der Waals surface area contributed by atoms with Crippen molar-refractivity contribution in [3.8, 4) is 0 Å². The number of carbonyl (C=O) groups is 2. The minimum Gasteiger partial charge on any atom is -0.480 e. The third kappa shape index (κ3) is 7.87. The molecule has 18 heavy (non-hydrogen) atoms. The molecule has 0 rings (SSSR count). The zero-order chi connectivity index (χ0) is 14.0. The van der Waals surface area contributed by atoms with Crippen molar-refractivity contribution in [1.82, 2.24) is 5.32 Å². The maximum absolute atomic E-state index is 11.4. The molecule has 0 fully saturated rings. The van der Waals surface area contributed by atoms with E-state index in [-0.39, 0.29) is 11.8 Å². The van der Waals surface area contributed by atoms with E-state index in [4.69, 9.17) is 5.11 Å². The largest absolute Gasteiger partial charge is 0.480 e. The first-order valence-corrected chi connectivity index (χ1v) is 6.63. The van der Waals surface area contributed by atoms with Gasteiger partial charge in [0.2, 0.25) is 5.91 Å². The number of carboxylic acids is 1. The van der Waals surface area contributed by atoms with E-state index in [0.29, 0.717) is 6.42 Å². The van der Waals surface area contributed by atoms with Gasteiger partial charge < -0.3 is 10.4 Å². The molecule has 0 radical (unpaired) electrons. The van der Waals surface area contributed by atoms with Gasteiger partial charge in [-0.05, 0) is 19.3 Å². The zero-order valence-electron chi connectivity index (χ0n) is 11.4. The number of aliphatic carboxylic acids is 1. The van der Waals surface area contributed by atoms with Gasteiger partial charge in [0.15, 0.2) is 0 Å². The normalized spacial score (nSPS) is 12.2. The summed E-state index contributed by atoms with van der Waals surface area (Å²) in [5.74, 6) is -1.33. The Hall–Kier alpha value is -1.32. The van der Waals surface area contributed by atoms with Crippen molar-refractivity contribution < 1.29 is 14.7 Å². The van der Waals surface area contributed by atoms with Crippen molar-refractivity contribution in [2.45, 2.75) is 58.4 Å². The van der Waals surface area contributed by atoms with Gasteiger partial charge in [0, 0.05) is 5.92 Å². The van der Waals surface area contributed by atoms with Crippen molar-refractivity contribution in [1.29, 1.82) is 0 Å². The van der Waals surface area contributed by atoms with Crippen molar-refractivity contribution in [2.24, 2.45) is 5.92 Å². The fourth-order valence-corrected chi connectivity index (χ4v) is 1.59. The Labute approximate surface area is 109 Å². The Balaban J connectivity index is 3.87. The van der Waals surface area contributed by atoms with E-state index in [1.807, 2.05) is 6.08 Å². The highest BCUT2D eigenvalue weighted by molar-refractivity contribution is 5.84. The van der Waals surface area contributed by atoms with Crippen LogP contribution in [0.2, 0.25) is 0 Å². The molecule has 1 amide bonds. The smallest absolute Gasteiger partial charge is 0.326 e. The summed E-state index contributed by atoms with van der Waals surface area (Å²) in [5, 5.41) is 11.6. The molecular formula is C14H25NO3. The number of carboxylic acid groups (broad SMARTS) is 1. The van der Waals surface area contributed by atoms with Crippen molar-refractivity contribution in [3.05, 3.63) is 12.7 Å². The number of hydrogen-bond donors (Lipinski definition) is 2. The number of carbonyl (C=O) groups excluding carboxylic acids is 1. The maximum Gasteiger partial charge on any atom is 0.326 e. The van der Waals surface area contributed by atoms with Crippen LogP contribution in [0.3, 0.4) is 0 Å². The second-order valence-corrected chi connectivity index (χ2v) is 4.83. The van der Waals surface area contributed by atoms with Crippen LogP contribution in [0, 0.1) is 5.92 Å². The maximum atomic E-state index is 11.4. The van der Waals surface area contributed by atoms with E-state index in [0.717, 1.165) is 32.1 Å². The SMILES string of the molecule is C=CCCCCCC[C@@H](NC(=O)C(C)C)C(=O)O. The molecule has 0 saturated heterocycles. The molecule has 0 spiro atoms. The zero-order valence-corrected chi connectivity index (χ0v) is 11.4. The van der Waals surface area contributed by atoms with Crippen LogP contribution >= 0.6 is 0 Å². The van der Waals surface area contributed by atoms with Gasteiger partial charge >= 0.3 is 5.97 Å². The van der Waals surface area contributed by atoms with Crippen LogP contribution in [-0.4, -0.2) is 23.0 Å². The number of nitrogens with one attached hydrogen (secondary N) is 1. The topological polar surface area (TPSA) is 66.4 Å². The molecule has 0 aromatic rings. The fraction of sp³-hybridized carbons (Fsp3) is 0.714. The van der Waals surface area contributed by atoms with E-state index >= 15 is 0 Å². The summed E-state index contributed by atoms with van der Waals surface area (Å²) >= 11 is 0. The third-order valence-corrected chi connectivity index (χ3v) is 2.79. The van der Waals surface area contributed by atoms with E-state index in [9.17, 15) is 9.59 Å². The second-order valence-electron chi connectivity index (χ2n) is 4.83. The first-order chi connectivity index (χ1) is 8.49. The molecule has 0 aromatic heterocycles. The van der Waals surface area contributed by atoms with Gasteiger partial charge in [0.05, 0.1) is 0 Å². The van der Waals surface area contributed by atoms with Crippen LogP contribution < -0.4 is 5.32 Å². The van der Waals surface area contributed by atoms with Crippen LogP contribution in [0.5, 0.6) is 0 Å². The second kappa shape index (κ2) is 9.68. The van der Waals surface area contributed by atoms with Crippen LogP contribution in [0.4, 0.5) is 0 Å². The van der Waals surface area contributed by atoms with Gasteiger partial charge in [-0.25, -0.2) is 4.79 Å². The van der Waals surface area contributed by atoms with Crippen LogP contribution in [-0.2, 0) is 9.59 Å². The lowest BCUT2D eigenvalue weighted by Gasteiger charge is -2.15. The number of rotatable bonds is 10. The highest BCUT2D eigenvalue weighted by atomic mass is 16.4. The summed E-state index contributed by atoms with van der Waals surface area (Å²) < 4.78 is 0. The standard InChI is InChI=1S/C14H25NO3/c1-4-5-6-7-8-9-10-12(14(17)18)15-13(16)11(2)3/h4,11-12H,1,5-10H2,2-3H3,(H,15,16)(H,17,18)/t12-/m1/s1. The number of amides is 1. The van der Waals surface area contributed by atoms with Gasteiger partial charge in [0.25, 0.3) is 0 Å². The van der Waals surface area contributed by atoms with E-state index < -0.39 is 12.0 Å². The Morgan fingerprint density at radius 3 is 2.33 bits per heavy atom. The van der Waals surface area contributed by atoms with Gasteiger partial charge in [-0.15, -0.1) is 6.58 Å². The molecule has 4 heteroatoms. The summed E-state index contributed by atoms with van der Waals surface area (Å²) in [5.41, 5.74) is 0. The van der Waals surface area contributed by atoms with Crippen molar-refractivity contribution in [2.75, 3.05) is 0 Å². The number of allylic oxidation sites excluding steroid dienone is 1. The third-order valence-electron chi connectivity index (χ3n) is 2.79. The summed E-state index contributed by atoms with van der Waals surface area (Å²) in [6.45, 7) is 7.16. The van der Waals surface area contributed by atoms with Crippen molar-refractivity contribution >= 4 is 11.9 Å². The highest BCUT2D eigenvalue weighted by Crippen LogP contribution is 2.08. The molecule has 0 aromatic carbocycles. The predicted octanol–water partition coefficient (Wildman–Crippen LogP) is 2.74. The first-order valence-electron chi connectivity index (χ1n) is 6.63. The quantitative estimate of drug-likeness (QED) is 0.466. The Kier molecular flexibility index (Phi) is 8.97. The molecule has 4 nitrogen and oxygen atoms in total. The van der Waals surface area contributed by atoms with Gasteiger partial charge in [0.1, 0.15) is 6.04 Å². The van der Waals surface area contributed by atoms with Crippen LogP contribution in [0.1, 0.15) is 52.4 Å². The minimum absolute atomic E-state index is 0.181. The lowest BCUT2D eigenvalue weighted by Crippen LogP contribution is -2.42. The monoisotopic (exact) mass is 255 g/mol. The molecule has 2 N–H and O–H groups in total. The molecule has 1 atom stereocenters. The lowest BCUT2D eigenvalue weighted by molar-refractivity contribution is -0.142. The van der Waals surface area contributed by atoms with E-state index in [2.05, 4.69) is 11.9 Å². The van der Waals surface area contributed by atoms with Gasteiger partial charge in [-0.3, -0.25) is 4.79 Å². The molecule has 104 valence electrons. The molecular weight excluding hydrogens is 230 g/mol. The summed E-state index contributed by atoms with van der Waals surface area (Å²) in [6, 6.07) is -0.751. The molecule has 0 aliphatic heterocycles.